The van der Waals surface area contributed by atoms with Crippen LogP contribution >= 0.6 is 22.6 Å². The zero-order valence-corrected chi connectivity index (χ0v) is 18.2. The van der Waals surface area contributed by atoms with Gasteiger partial charge in [-0.15, -0.1) is 0 Å². The van der Waals surface area contributed by atoms with Crippen molar-refractivity contribution < 1.29 is 13.9 Å². The van der Waals surface area contributed by atoms with Crippen LogP contribution in [0.4, 0.5) is 9.18 Å². The molecule has 150 valence electrons. The van der Waals surface area contributed by atoms with E-state index >= 15 is 4.39 Å². The van der Waals surface area contributed by atoms with E-state index in [1.807, 2.05) is 0 Å². The molecule has 1 aromatic carbocycles. The van der Waals surface area contributed by atoms with Crippen molar-refractivity contribution in [2.75, 3.05) is 13.1 Å². The highest BCUT2D eigenvalue weighted by Gasteiger charge is 2.35. The number of rotatable bonds is 2. The third-order valence-corrected chi connectivity index (χ3v) is 5.57. The van der Waals surface area contributed by atoms with Crippen molar-refractivity contribution in [2.24, 2.45) is 0 Å². The first-order valence-electron chi connectivity index (χ1n) is 9.12. The van der Waals surface area contributed by atoms with Gasteiger partial charge >= 0.3 is 6.09 Å². The zero-order valence-electron chi connectivity index (χ0n) is 16.1. The van der Waals surface area contributed by atoms with Crippen LogP contribution in [-0.4, -0.2) is 39.7 Å². The standard InChI is InChI=1S/C20H23FIN3O3/c1-19(2,3)28-18(27)25-11-9-14-15(10-12-25)23-17(24-16(14)26)20(21,22)13-7-5-4-6-8-13/h4-8H,9-12H2,1-3H3,(H,23,24,26). The molecule has 0 saturated heterocycles. The lowest BCUT2D eigenvalue weighted by Gasteiger charge is -2.26. The maximum absolute atomic E-state index is 15.5. The summed E-state index contributed by atoms with van der Waals surface area (Å²) < 4.78 is 18.9. The largest absolute Gasteiger partial charge is 0.444 e. The molecule has 0 saturated carbocycles. The van der Waals surface area contributed by atoms with E-state index < -0.39 is 15.4 Å². The van der Waals surface area contributed by atoms with Gasteiger partial charge in [-0.1, -0.05) is 30.3 Å². The molecule has 2 aromatic rings. The van der Waals surface area contributed by atoms with Crippen molar-refractivity contribution in [3.8, 4) is 0 Å². The lowest BCUT2D eigenvalue weighted by atomic mass is 10.1. The van der Waals surface area contributed by atoms with Gasteiger partial charge < -0.3 is 14.6 Å². The summed E-state index contributed by atoms with van der Waals surface area (Å²) >= 11 is 1.65. The molecular weight excluding hydrogens is 476 g/mol. The number of hydrogen-bond donors (Lipinski definition) is 1. The van der Waals surface area contributed by atoms with Gasteiger partial charge in [-0.2, -0.15) is 0 Å². The first kappa shape index (κ1) is 20.8. The van der Waals surface area contributed by atoms with Crippen LogP contribution in [0, 0.1) is 0 Å². The van der Waals surface area contributed by atoms with Gasteiger partial charge in [0, 0.05) is 30.6 Å². The van der Waals surface area contributed by atoms with E-state index in [1.54, 1.807) is 78.6 Å². The molecule has 2 heterocycles. The normalized spacial score (nSPS) is 16.7. The molecule has 0 bridgehead atoms. The minimum atomic E-state index is -1.95. The Morgan fingerprint density at radius 2 is 1.86 bits per heavy atom. The number of halogens is 2. The Morgan fingerprint density at radius 3 is 2.50 bits per heavy atom. The molecule has 1 aliphatic heterocycles. The van der Waals surface area contributed by atoms with E-state index in [9.17, 15) is 9.59 Å². The van der Waals surface area contributed by atoms with E-state index in [0.717, 1.165) is 0 Å². The number of amides is 1. The SMILES string of the molecule is CC(C)(C)OC(=O)N1CCc2nc(C(F)(I)c3ccccc3)[nH]c(=O)c2CC1. The number of carbonyl (C=O) groups is 1. The Balaban J connectivity index is 1.87. The number of nitrogens with one attached hydrogen (secondary N) is 1. The monoisotopic (exact) mass is 499 g/mol. The maximum atomic E-state index is 15.5. The second kappa shape index (κ2) is 7.81. The molecule has 0 aliphatic carbocycles. The van der Waals surface area contributed by atoms with Crippen molar-refractivity contribution in [1.29, 1.82) is 0 Å². The molecule has 1 amide bonds. The number of hydrogen-bond acceptors (Lipinski definition) is 4. The molecule has 1 aliphatic rings. The van der Waals surface area contributed by atoms with Crippen LogP contribution in [-0.2, 0) is 21.3 Å². The number of carbonyl (C=O) groups excluding carboxylic acids is 1. The molecule has 0 spiro atoms. The highest BCUT2D eigenvalue weighted by atomic mass is 127. The molecule has 1 N–H and O–H groups in total. The van der Waals surface area contributed by atoms with Crippen LogP contribution in [0.2, 0.25) is 0 Å². The Hall–Kier alpha value is -1.97. The van der Waals surface area contributed by atoms with Crippen LogP contribution in [0.1, 0.15) is 43.4 Å². The van der Waals surface area contributed by atoms with Crippen molar-refractivity contribution in [3.63, 3.8) is 0 Å². The minimum Gasteiger partial charge on any atom is -0.444 e. The summed E-state index contributed by atoms with van der Waals surface area (Å²) in [5, 5.41) is 0. The fourth-order valence-corrected chi connectivity index (χ4v) is 3.67. The van der Waals surface area contributed by atoms with E-state index in [4.69, 9.17) is 4.74 Å². The number of H-pyrrole nitrogens is 1. The average molecular weight is 499 g/mol. The van der Waals surface area contributed by atoms with Gasteiger partial charge in [0.05, 0.1) is 5.69 Å². The quantitative estimate of drug-likeness (QED) is 0.505. The van der Waals surface area contributed by atoms with Gasteiger partial charge in [-0.3, -0.25) is 4.79 Å². The Kier molecular flexibility index (Phi) is 5.79. The molecule has 3 rings (SSSR count). The van der Waals surface area contributed by atoms with Gasteiger partial charge in [0.15, 0.2) is 5.82 Å². The number of aromatic nitrogens is 2. The highest BCUT2D eigenvalue weighted by molar-refractivity contribution is 14.1. The van der Waals surface area contributed by atoms with Gasteiger partial charge in [-0.05, 0) is 49.8 Å². The third kappa shape index (κ3) is 4.53. The number of benzene rings is 1. The smallest absolute Gasteiger partial charge is 0.410 e. The molecule has 1 aromatic heterocycles. The zero-order chi connectivity index (χ0) is 20.5. The van der Waals surface area contributed by atoms with Gasteiger partial charge in [0.25, 0.3) is 5.56 Å². The Morgan fingerprint density at radius 1 is 1.21 bits per heavy atom. The summed E-state index contributed by atoms with van der Waals surface area (Å²) in [7, 11) is 0. The number of nitrogens with zero attached hydrogens (tertiary/aromatic N) is 2. The second-order valence-electron chi connectivity index (χ2n) is 7.75. The van der Waals surface area contributed by atoms with Crippen molar-refractivity contribution in [3.05, 3.63) is 63.3 Å². The fraction of sp³-hybridized carbons (Fsp3) is 0.450. The first-order chi connectivity index (χ1) is 13.1. The van der Waals surface area contributed by atoms with Crippen LogP contribution in [0.15, 0.2) is 35.1 Å². The van der Waals surface area contributed by atoms with Crippen LogP contribution in [0.25, 0.3) is 0 Å². The highest BCUT2D eigenvalue weighted by Crippen LogP contribution is 2.38. The van der Waals surface area contributed by atoms with E-state index in [0.29, 0.717) is 42.8 Å². The lowest BCUT2D eigenvalue weighted by molar-refractivity contribution is 0.0258. The molecule has 0 fully saturated rings. The molecule has 1 unspecified atom stereocenters. The summed E-state index contributed by atoms with van der Waals surface area (Å²) in [6, 6.07) is 8.59. The second-order valence-corrected chi connectivity index (χ2v) is 9.23. The summed E-state index contributed by atoms with van der Waals surface area (Å²) in [5.74, 6) is -0.0335. The van der Waals surface area contributed by atoms with Crippen LogP contribution in [0.5, 0.6) is 0 Å². The first-order valence-corrected chi connectivity index (χ1v) is 10.2. The van der Waals surface area contributed by atoms with Gasteiger partial charge in [0.2, 0.25) is 3.68 Å². The number of fused-ring (bicyclic) bond motifs is 1. The topological polar surface area (TPSA) is 75.3 Å². The van der Waals surface area contributed by atoms with E-state index in [2.05, 4.69) is 9.97 Å². The predicted octanol–water partition coefficient (Wildman–Crippen LogP) is 3.71. The van der Waals surface area contributed by atoms with Gasteiger partial charge in [0.1, 0.15) is 5.60 Å². The Labute approximate surface area is 176 Å². The van der Waals surface area contributed by atoms with Crippen molar-refractivity contribution in [2.45, 2.75) is 42.9 Å². The van der Waals surface area contributed by atoms with Crippen LogP contribution < -0.4 is 5.56 Å². The minimum absolute atomic E-state index is 0.0335. The summed E-state index contributed by atoms with van der Waals surface area (Å²) in [6.45, 7) is 6.14. The third-order valence-electron chi connectivity index (χ3n) is 4.44. The predicted molar refractivity (Wildman–Crippen MR) is 112 cm³/mol. The average Bonchev–Trinajstić information content (AvgIpc) is 2.84. The maximum Gasteiger partial charge on any atom is 0.410 e. The van der Waals surface area contributed by atoms with Crippen molar-refractivity contribution >= 4 is 28.7 Å². The molecule has 1 atom stereocenters. The molecule has 28 heavy (non-hydrogen) atoms. The molecule has 8 heteroatoms. The fourth-order valence-electron chi connectivity index (χ4n) is 3.05. The summed E-state index contributed by atoms with van der Waals surface area (Å²) in [5.41, 5.74) is 0.474. The van der Waals surface area contributed by atoms with E-state index in [1.165, 1.54) is 0 Å². The number of alkyl halides is 2. The lowest BCUT2D eigenvalue weighted by Crippen LogP contribution is -2.38. The Bertz CT molecular complexity index is 923. The van der Waals surface area contributed by atoms with Crippen LogP contribution in [0.3, 0.4) is 0 Å². The summed E-state index contributed by atoms with van der Waals surface area (Å²) in [4.78, 5) is 33.6. The molecule has 0 radical (unpaired) electrons. The number of ether oxygens (including phenoxy) is 1. The number of aromatic amines is 1. The van der Waals surface area contributed by atoms with Crippen molar-refractivity contribution in [1.82, 2.24) is 14.9 Å². The van der Waals surface area contributed by atoms with Gasteiger partial charge in [-0.25, -0.2) is 14.2 Å². The molecular formula is C20H23FIN3O3. The summed E-state index contributed by atoms with van der Waals surface area (Å²) in [6.07, 6.45) is 0.297. The van der Waals surface area contributed by atoms with E-state index in [-0.39, 0.29) is 11.4 Å². The molecule has 6 nitrogen and oxygen atoms in total.